The first-order chi connectivity index (χ1) is 10.2. The molecule has 0 spiro atoms. The second-order valence-corrected chi connectivity index (χ2v) is 6.04. The Hall–Kier alpha value is -1.70. The highest BCUT2D eigenvalue weighted by Gasteiger charge is 2.18. The number of hydrogen-bond donors (Lipinski definition) is 0. The van der Waals surface area contributed by atoms with E-state index < -0.39 is 0 Å². The molecule has 5 heteroatoms. The lowest BCUT2D eigenvalue weighted by Crippen LogP contribution is -2.00. The third-order valence-corrected chi connectivity index (χ3v) is 3.98. The fraction of sp³-hybridized carbons (Fsp3) is 0.188. The Kier molecular flexibility index (Phi) is 4.05. The number of ether oxygens (including phenoxy) is 2. The van der Waals surface area contributed by atoms with Gasteiger partial charge in [-0.05, 0) is 35.9 Å². The number of nitrogens with zero attached hydrogens (tertiary/aromatic N) is 1. The Balaban J connectivity index is 1.85. The van der Waals surface area contributed by atoms with Crippen LogP contribution in [0.3, 0.4) is 0 Å². The van der Waals surface area contributed by atoms with Gasteiger partial charge in [0.1, 0.15) is 24.2 Å². The molecule has 0 radical (unpaired) electrons. The minimum absolute atomic E-state index is 0.319. The molecule has 0 saturated heterocycles. The molecule has 1 heterocycles. The fourth-order valence-corrected chi connectivity index (χ4v) is 2.95. The molecular formula is C16H11BrClNO2. The normalized spacial score (nSPS) is 12.4. The zero-order chi connectivity index (χ0) is 14.8. The van der Waals surface area contributed by atoms with Crippen molar-refractivity contribution >= 4 is 27.5 Å². The number of benzene rings is 2. The molecule has 0 amide bonds. The van der Waals surface area contributed by atoms with Crippen LogP contribution in [0.1, 0.15) is 16.7 Å². The topological polar surface area (TPSA) is 42.2 Å². The van der Waals surface area contributed by atoms with Gasteiger partial charge in [-0.3, -0.25) is 0 Å². The first-order valence-corrected chi connectivity index (χ1v) is 7.61. The molecule has 2 aromatic rings. The van der Waals surface area contributed by atoms with Crippen LogP contribution in [0.25, 0.3) is 0 Å². The highest BCUT2D eigenvalue weighted by molar-refractivity contribution is 9.10. The monoisotopic (exact) mass is 363 g/mol. The van der Waals surface area contributed by atoms with Gasteiger partial charge < -0.3 is 9.47 Å². The third-order valence-electron chi connectivity index (χ3n) is 3.27. The number of nitriles is 1. The van der Waals surface area contributed by atoms with E-state index in [1.807, 2.05) is 18.2 Å². The van der Waals surface area contributed by atoms with Gasteiger partial charge in [0, 0.05) is 21.5 Å². The van der Waals surface area contributed by atoms with Crippen LogP contribution in [0.5, 0.6) is 11.5 Å². The van der Waals surface area contributed by atoms with Crippen molar-refractivity contribution in [2.24, 2.45) is 0 Å². The first-order valence-electron chi connectivity index (χ1n) is 6.44. The predicted octanol–water partition coefficient (Wildman–Crippen LogP) is 4.49. The molecule has 2 aromatic carbocycles. The van der Waals surface area contributed by atoms with Crippen LogP contribution in [0, 0.1) is 11.3 Å². The summed E-state index contributed by atoms with van der Waals surface area (Å²) in [5.74, 6) is 1.41. The molecule has 0 saturated carbocycles. The summed E-state index contributed by atoms with van der Waals surface area (Å²) < 4.78 is 12.3. The van der Waals surface area contributed by atoms with Crippen molar-refractivity contribution in [3.8, 4) is 17.6 Å². The molecule has 0 bridgehead atoms. The lowest BCUT2D eigenvalue weighted by atomic mass is 10.1. The molecular weight excluding hydrogens is 354 g/mol. The Morgan fingerprint density at radius 3 is 3.00 bits per heavy atom. The van der Waals surface area contributed by atoms with Crippen LogP contribution in [-0.4, -0.2) is 6.61 Å². The molecule has 0 aromatic heterocycles. The van der Waals surface area contributed by atoms with E-state index in [1.54, 1.807) is 12.1 Å². The van der Waals surface area contributed by atoms with Gasteiger partial charge in [0.05, 0.1) is 12.2 Å². The standard InChI is InChI=1S/C16H11BrClNO2/c17-13-1-2-15(11(5-13)8-19)21-9-12-7-14(18)6-10-3-4-20-16(10)12/h1-2,5-7H,3-4,9H2. The van der Waals surface area contributed by atoms with Crippen LogP contribution in [0.2, 0.25) is 5.02 Å². The SMILES string of the molecule is N#Cc1cc(Br)ccc1OCc1cc(Cl)cc2c1OCC2. The molecule has 1 aliphatic heterocycles. The van der Waals surface area contributed by atoms with Crippen molar-refractivity contribution in [2.45, 2.75) is 13.0 Å². The summed E-state index contributed by atoms with van der Waals surface area (Å²) in [7, 11) is 0. The maximum Gasteiger partial charge on any atom is 0.137 e. The van der Waals surface area contributed by atoms with E-state index >= 15 is 0 Å². The summed E-state index contributed by atoms with van der Waals surface area (Å²) >= 11 is 9.46. The van der Waals surface area contributed by atoms with Gasteiger partial charge in [0.25, 0.3) is 0 Å². The molecule has 1 aliphatic rings. The van der Waals surface area contributed by atoms with Gasteiger partial charge in [-0.1, -0.05) is 27.5 Å². The minimum Gasteiger partial charge on any atom is -0.493 e. The lowest BCUT2D eigenvalue weighted by molar-refractivity contribution is 0.291. The van der Waals surface area contributed by atoms with Crippen LogP contribution in [0.15, 0.2) is 34.8 Å². The van der Waals surface area contributed by atoms with Crippen molar-refractivity contribution in [1.82, 2.24) is 0 Å². The van der Waals surface area contributed by atoms with E-state index in [0.717, 1.165) is 27.8 Å². The molecule has 21 heavy (non-hydrogen) atoms. The fourth-order valence-electron chi connectivity index (χ4n) is 2.32. The van der Waals surface area contributed by atoms with Gasteiger partial charge in [-0.25, -0.2) is 0 Å². The van der Waals surface area contributed by atoms with E-state index in [-0.39, 0.29) is 0 Å². The van der Waals surface area contributed by atoms with E-state index in [1.165, 1.54) is 0 Å². The highest BCUT2D eigenvalue weighted by atomic mass is 79.9. The highest BCUT2D eigenvalue weighted by Crippen LogP contribution is 2.34. The average molecular weight is 365 g/mol. The van der Waals surface area contributed by atoms with Crippen LogP contribution < -0.4 is 9.47 Å². The zero-order valence-corrected chi connectivity index (χ0v) is 13.4. The summed E-state index contributed by atoms with van der Waals surface area (Å²) in [6.45, 7) is 0.990. The van der Waals surface area contributed by atoms with Crippen LogP contribution in [0.4, 0.5) is 0 Å². The molecule has 0 fully saturated rings. The van der Waals surface area contributed by atoms with Crippen LogP contribution in [-0.2, 0) is 13.0 Å². The minimum atomic E-state index is 0.319. The molecule has 0 N–H and O–H groups in total. The molecule has 3 rings (SSSR count). The molecule has 0 aliphatic carbocycles. The van der Waals surface area contributed by atoms with Crippen molar-refractivity contribution in [2.75, 3.05) is 6.61 Å². The first kappa shape index (κ1) is 14.2. The summed E-state index contributed by atoms with van der Waals surface area (Å²) in [5.41, 5.74) is 2.50. The van der Waals surface area contributed by atoms with Gasteiger partial charge in [-0.15, -0.1) is 0 Å². The molecule has 3 nitrogen and oxygen atoms in total. The second kappa shape index (κ2) is 5.97. The smallest absolute Gasteiger partial charge is 0.137 e. The Morgan fingerprint density at radius 1 is 1.33 bits per heavy atom. The van der Waals surface area contributed by atoms with Crippen molar-refractivity contribution in [1.29, 1.82) is 5.26 Å². The summed E-state index contributed by atoms with van der Waals surface area (Å²) in [5, 5.41) is 9.82. The Labute approximate surface area is 136 Å². The summed E-state index contributed by atoms with van der Waals surface area (Å²) in [4.78, 5) is 0. The average Bonchev–Trinajstić information content (AvgIpc) is 2.93. The van der Waals surface area contributed by atoms with Gasteiger partial charge in [0.15, 0.2) is 0 Å². The van der Waals surface area contributed by atoms with E-state index in [9.17, 15) is 0 Å². The summed E-state index contributed by atoms with van der Waals surface area (Å²) in [6.07, 6.45) is 0.866. The van der Waals surface area contributed by atoms with Crippen molar-refractivity contribution in [3.05, 3.63) is 56.5 Å². The van der Waals surface area contributed by atoms with Gasteiger partial charge >= 0.3 is 0 Å². The molecule has 106 valence electrons. The zero-order valence-electron chi connectivity index (χ0n) is 11.0. The Bertz CT molecular complexity index is 740. The van der Waals surface area contributed by atoms with Gasteiger partial charge in [-0.2, -0.15) is 5.26 Å². The molecule has 0 atom stereocenters. The number of hydrogen-bond acceptors (Lipinski definition) is 3. The third kappa shape index (κ3) is 2.99. The predicted molar refractivity (Wildman–Crippen MR) is 83.8 cm³/mol. The van der Waals surface area contributed by atoms with Crippen LogP contribution >= 0.6 is 27.5 Å². The number of fused-ring (bicyclic) bond motifs is 1. The number of halogens is 2. The van der Waals surface area contributed by atoms with E-state index in [0.29, 0.717) is 29.5 Å². The second-order valence-electron chi connectivity index (χ2n) is 4.69. The quantitative estimate of drug-likeness (QED) is 0.806. The van der Waals surface area contributed by atoms with E-state index in [2.05, 4.69) is 22.0 Å². The Morgan fingerprint density at radius 2 is 2.19 bits per heavy atom. The maximum absolute atomic E-state index is 9.14. The maximum atomic E-state index is 9.14. The van der Waals surface area contributed by atoms with E-state index in [4.69, 9.17) is 26.3 Å². The summed E-state index contributed by atoms with van der Waals surface area (Å²) in [6, 6.07) is 11.2. The molecule has 0 unspecified atom stereocenters. The van der Waals surface area contributed by atoms with Crippen molar-refractivity contribution < 1.29 is 9.47 Å². The number of rotatable bonds is 3. The largest absolute Gasteiger partial charge is 0.493 e. The van der Waals surface area contributed by atoms with Gasteiger partial charge in [0.2, 0.25) is 0 Å². The lowest BCUT2D eigenvalue weighted by Gasteiger charge is -2.11. The van der Waals surface area contributed by atoms with Crippen molar-refractivity contribution in [3.63, 3.8) is 0 Å².